The lowest BCUT2D eigenvalue weighted by Crippen LogP contribution is -2.22. The standard InChI is InChI=1S/C19H28NOP/c1-13(2)22(14(3)4)19-17(9-8-10-18(19)21-7)20-15(5)11-12-16(20)6/h8-14H,1-7H3. The van der Waals surface area contributed by atoms with Crippen LogP contribution in [-0.4, -0.2) is 23.0 Å². The molecule has 3 heteroatoms. The minimum atomic E-state index is -0.297. The van der Waals surface area contributed by atoms with E-state index in [-0.39, 0.29) is 7.92 Å². The SMILES string of the molecule is COc1cccc(-n2c(C)ccc2C)c1P(C(C)C)C(C)C. The van der Waals surface area contributed by atoms with Crippen molar-refractivity contribution in [1.82, 2.24) is 4.57 Å². The highest BCUT2D eigenvalue weighted by Crippen LogP contribution is 2.49. The van der Waals surface area contributed by atoms with Crippen LogP contribution in [0.1, 0.15) is 39.1 Å². The molecule has 0 atom stereocenters. The average molecular weight is 317 g/mol. The second kappa shape index (κ2) is 6.87. The van der Waals surface area contributed by atoms with E-state index < -0.39 is 0 Å². The van der Waals surface area contributed by atoms with Crippen LogP contribution in [-0.2, 0) is 0 Å². The number of aryl methyl sites for hydroxylation is 2. The van der Waals surface area contributed by atoms with Gasteiger partial charge in [-0.05, 0) is 49.4 Å². The molecule has 0 aliphatic carbocycles. The fourth-order valence-electron chi connectivity index (χ4n) is 3.28. The Hall–Kier alpha value is -1.27. The number of ether oxygens (including phenoxy) is 1. The van der Waals surface area contributed by atoms with Crippen LogP contribution in [0, 0.1) is 13.8 Å². The molecule has 0 fully saturated rings. The minimum Gasteiger partial charge on any atom is -0.496 e. The Balaban J connectivity index is 2.76. The highest BCUT2D eigenvalue weighted by atomic mass is 31.1. The lowest BCUT2D eigenvalue weighted by atomic mass is 10.2. The number of benzene rings is 1. The first-order chi connectivity index (χ1) is 10.4. The van der Waals surface area contributed by atoms with Crippen molar-refractivity contribution in [2.24, 2.45) is 0 Å². The fraction of sp³-hybridized carbons (Fsp3) is 0.474. The summed E-state index contributed by atoms with van der Waals surface area (Å²) in [6.07, 6.45) is 0. The smallest absolute Gasteiger partial charge is 0.128 e. The summed E-state index contributed by atoms with van der Waals surface area (Å²) in [7, 11) is 1.49. The van der Waals surface area contributed by atoms with E-state index >= 15 is 0 Å². The molecular formula is C19H28NOP. The molecule has 0 aliphatic heterocycles. The van der Waals surface area contributed by atoms with E-state index in [4.69, 9.17) is 4.74 Å². The van der Waals surface area contributed by atoms with Crippen LogP contribution in [0.15, 0.2) is 30.3 Å². The van der Waals surface area contributed by atoms with E-state index in [2.05, 4.69) is 76.4 Å². The third-order valence-electron chi connectivity index (χ3n) is 4.08. The van der Waals surface area contributed by atoms with Crippen molar-refractivity contribution in [2.75, 3.05) is 7.11 Å². The number of nitrogens with zero attached hydrogens (tertiary/aromatic N) is 1. The van der Waals surface area contributed by atoms with Crippen LogP contribution in [0.4, 0.5) is 0 Å². The first-order valence-corrected chi connectivity index (χ1v) is 9.47. The van der Waals surface area contributed by atoms with E-state index in [1.165, 1.54) is 22.4 Å². The van der Waals surface area contributed by atoms with Crippen LogP contribution in [0.3, 0.4) is 0 Å². The van der Waals surface area contributed by atoms with Gasteiger partial charge in [0.25, 0.3) is 0 Å². The molecule has 0 unspecified atom stereocenters. The van der Waals surface area contributed by atoms with Crippen molar-refractivity contribution in [3.63, 3.8) is 0 Å². The molecule has 0 bridgehead atoms. The predicted octanol–water partition coefficient (Wildman–Crippen LogP) is 5.03. The van der Waals surface area contributed by atoms with Crippen LogP contribution < -0.4 is 10.0 Å². The van der Waals surface area contributed by atoms with Gasteiger partial charge < -0.3 is 9.30 Å². The van der Waals surface area contributed by atoms with E-state index in [0.29, 0.717) is 11.3 Å². The van der Waals surface area contributed by atoms with Gasteiger partial charge in [0.15, 0.2) is 0 Å². The van der Waals surface area contributed by atoms with E-state index in [9.17, 15) is 0 Å². The predicted molar refractivity (Wildman–Crippen MR) is 98.6 cm³/mol. The summed E-state index contributed by atoms with van der Waals surface area (Å²) in [6, 6.07) is 10.8. The quantitative estimate of drug-likeness (QED) is 0.706. The van der Waals surface area contributed by atoms with Crippen molar-refractivity contribution in [3.8, 4) is 11.4 Å². The maximum absolute atomic E-state index is 5.75. The fourth-order valence-corrected chi connectivity index (χ4v) is 6.36. The summed E-state index contributed by atoms with van der Waals surface area (Å²) in [5.74, 6) is 1.03. The molecule has 2 rings (SSSR count). The molecule has 22 heavy (non-hydrogen) atoms. The molecule has 1 heterocycles. The maximum atomic E-state index is 5.75. The summed E-state index contributed by atoms with van der Waals surface area (Å²) in [4.78, 5) is 0. The van der Waals surface area contributed by atoms with Crippen molar-refractivity contribution < 1.29 is 4.74 Å². The Bertz CT molecular complexity index is 615. The van der Waals surface area contributed by atoms with Gasteiger partial charge in [-0.25, -0.2) is 0 Å². The summed E-state index contributed by atoms with van der Waals surface area (Å²) in [5.41, 5.74) is 5.08. The largest absolute Gasteiger partial charge is 0.496 e. The Labute approximate surface area is 136 Å². The van der Waals surface area contributed by atoms with Crippen molar-refractivity contribution >= 4 is 13.2 Å². The van der Waals surface area contributed by atoms with Gasteiger partial charge in [-0.15, -0.1) is 0 Å². The van der Waals surface area contributed by atoms with Crippen molar-refractivity contribution in [1.29, 1.82) is 0 Å². The lowest BCUT2D eigenvalue weighted by molar-refractivity contribution is 0.418. The normalized spacial score (nSPS) is 11.7. The highest BCUT2D eigenvalue weighted by molar-refractivity contribution is 7.67. The van der Waals surface area contributed by atoms with Crippen LogP contribution in [0.2, 0.25) is 0 Å². The molecular weight excluding hydrogens is 289 g/mol. The van der Waals surface area contributed by atoms with Crippen molar-refractivity contribution in [2.45, 2.75) is 52.9 Å². The highest BCUT2D eigenvalue weighted by Gasteiger charge is 2.26. The Morgan fingerprint density at radius 3 is 1.91 bits per heavy atom. The molecule has 0 aliphatic rings. The summed E-state index contributed by atoms with van der Waals surface area (Å²) < 4.78 is 8.11. The summed E-state index contributed by atoms with van der Waals surface area (Å²) in [5, 5.41) is 1.40. The van der Waals surface area contributed by atoms with E-state index in [1.54, 1.807) is 7.11 Å². The number of hydrogen-bond acceptors (Lipinski definition) is 1. The summed E-state index contributed by atoms with van der Waals surface area (Å²) >= 11 is 0. The van der Waals surface area contributed by atoms with Gasteiger partial charge in [-0.3, -0.25) is 0 Å². The van der Waals surface area contributed by atoms with Gasteiger partial charge in [0, 0.05) is 16.7 Å². The molecule has 0 saturated heterocycles. The van der Waals surface area contributed by atoms with Crippen LogP contribution in [0.25, 0.3) is 5.69 Å². The van der Waals surface area contributed by atoms with Crippen LogP contribution >= 0.6 is 7.92 Å². The second-order valence-corrected chi connectivity index (χ2v) is 9.70. The first kappa shape index (κ1) is 17.1. The molecule has 0 N–H and O–H groups in total. The number of rotatable bonds is 5. The average Bonchev–Trinajstić information content (AvgIpc) is 2.78. The first-order valence-electron chi connectivity index (χ1n) is 7.99. The Morgan fingerprint density at radius 1 is 0.909 bits per heavy atom. The minimum absolute atomic E-state index is 0.297. The number of methoxy groups -OCH3 is 1. The Morgan fingerprint density at radius 2 is 1.45 bits per heavy atom. The van der Waals surface area contributed by atoms with Gasteiger partial charge in [0.05, 0.1) is 12.8 Å². The van der Waals surface area contributed by atoms with Gasteiger partial charge >= 0.3 is 0 Å². The van der Waals surface area contributed by atoms with Gasteiger partial charge in [-0.1, -0.05) is 41.7 Å². The topological polar surface area (TPSA) is 14.2 Å². The molecule has 0 saturated carbocycles. The van der Waals surface area contributed by atoms with Gasteiger partial charge in [0.2, 0.25) is 0 Å². The molecule has 0 radical (unpaired) electrons. The lowest BCUT2D eigenvalue weighted by Gasteiger charge is -2.30. The molecule has 1 aromatic carbocycles. The molecule has 0 amide bonds. The zero-order chi connectivity index (χ0) is 16.4. The number of aromatic nitrogens is 1. The molecule has 0 spiro atoms. The molecule has 2 nitrogen and oxygen atoms in total. The third-order valence-corrected chi connectivity index (χ3v) is 7.27. The zero-order valence-corrected chi connectivity index (χ0v) is 15.7. The Kier molecular flexibility index (Phi) is 5.34. The summed E-state index contributed by atoms with van der Waals surface area (Å²) in [6.45, 7) is 13.7. The van der Waals surface area contributed by atoms with E-state index in [0.717, 1.165) is 5.75 Å². The zero-order valence-electron chi connectivity index (χ0n) is 14.8. The third kappa shape index (κ3) is 3.08. The maximum Gasteiger partial charge on any atom is 0.128 e. The van der Waals surface area contributed by atoms with Crippen LogP contribution in [0.5, 0.6) is 5.75 Å². The molecule has 2 aromatic rings. The van der Waals surface area contributed by atoms with E-state index in [1.807, 2.05) is 0 Å². The number of hydrogen-bond donors (Lipinski definition) is 0. The van der Waals surface area contributed by atoms with Crippen molar-refractivity contribution in [3.05, 3.63) is 41.7 Å². The monoisotopic (exact) mass is 317 g/mol. The second-order valence-electron chi connectivity index (χ2n) is 6.37. The van der Waals surface area contributed by atoms with Gasteiger partial charge in [-0.2, -0.15) is 0 Å². The molecule has 1 aromatic heterocycles. The molecule has 120 valence electrons. The van der Waals surface area contributed by atoms with Gasteiger partial charge in [0.1, 0.15) is 5.75 Å².